The summed E-state index contributed by atoms with van der Waals surface area (Å²) in [6.45, 7) is -1.47. The molecular formula is C21H22F2N2O8. The fraction of sp³-hybridized carbons (Fsp3) is 0.333. The molecule has 0 spiro atoms. The smallest absolute Gasteiger partial charge is 0.387 e. The SMILES string of the molecule is CCOc1cc(C(=O)OCC(=O)NCCc2ccc(OC(F)F)cc2)c([N+](=O)[O-])cc1OC. The average molecular weight is 468 g/mol. The zero-order valence-corrected chi connectivity index (χ0v) is 17.8. The first-order valence-electron chi connectivity index (χ1n) is 9.72. The van der Waals surface area contributed by atoms with Crippen LogP contribution in [0.3, 0.4) is 0 Å². The molecule has 2 aromatic carbocycles. The summed E-state index contributed by atoms with van der Waals surface area (Å²) in [5, 5.41) is 13.9. The zero-order chi connectivity index (χ0) is 24.4. The highest BCUT2D eigenvalue weighted by molar-refractivity contribution is 5.96. The fourth-order valence-corrected chi connectivity index (χ4v) is 2.74. The molecule has 10 nitrogen and oxygen atoms in total. The van der Waals surface area contributed by atoms with Gasteiger partial charge in [-0.15, -0.1) is 0 Å². The lowest BCUT2D eigenvalue weighted by atomic mass is 10.1. The van der Waals surface area contributed by atoms with Crippen molar-refractivity contribution in [3.05, 3.63) is 57.6 Å². The number of carbonyl (C=O) groups is 2. The molecule has 178 valence electrons. The van der Waals surface area contributed by atoms with Gasteiger partial charge in [0.25, 0.3) is 11.6 Å². The molecule has 2 rings (SSSR count). The number of rotatable bonds is 12. The Morgan fingerprint density at radius 1 is 1.15 bits per heavy atom. The molecule has 0 atom stereocenters. The van der Waals surface area contributed by atoms with Crippen LogP contribution in [-0.2, 0) is 16.0 Å². The molecule has 2 aromatic rings. The Morgan fingerprint density at radius 3 is 2.42 bits per heavy atom. The van der Waals surface area contributed by atoms with Crippen molar-refractivity contribution in [1.29, 1.82) is 0 Å². The third-order valence-electron chi connectivity index (χ3n) is 4.22. The van der Waals surface area contributed by atoms with Gasteiger partial charge in [0.1, 0.15) is 11.3 Å². The van der Waals surface area contributed by atoms with Gasteiger partial charge in [-0.1, -0.05) is 12.1 Å². The number of methoxy groups -OCH3 is 1. The summed E-state index contributed by atoms with van der Waals surface area (Å²) in [6.07, 6.45) is 0.385. The second-order valence-corrected chi connectivity index (χ2v) is 6.41. The van der Waals surface area contributed by atoms with Crippen LogP contribution in [0.15, 0.2) is 36.4 Å². The maximum absolute atomic E-state index is 12.4. The Hall–Kier alpha value is -3.96. The number of halogens is 2. The first kappa shape index (κ1) is 25.3. The summed E-state index contributed by atoms with van der Waals surface area (Å²) in [4.78, 5) is 34.9. The molecule has 0 bridgehead atoms. The fourth-order valence-electron chi connectivity index (χ4n) is 2.74. The number of nitrogens with one attached hydrogen (secondary N) is 1. The molecule has 1 N–H and O–H groups in total. The molecule has 12 heteroatoms. The van der Waals surface area contributed by atoms with Crippen LogP contribution in [0.5, 0.6) is 17.2 Å². The summed E-state index contributed by atoms with van der Waals surface area (Å²) in [6, 6.07) is 8.07. The maximum Gasteiger partial charge on any atom is 0.387 e. The third-order valence-corrected chi connectivity index (χ3v) is 4.22. The summed E-state index contributed by atoms with van der Waals surface area (Å²) in [5.41, 5.74) is -0.186. The van der Waals surface area contributed by atoms with Gasteiger partial charge >= 0.3 is 12.6 Å². The van der Waals surface area contributed by atoms with Crippen molar-refractivity contribution < 1.29 is 42.2 Å². The Morgan fingerprint density at radius 2 is 1.85 bits per heavy atom. The van der Waals surface area contributed by atoms with Crippen LogP contribution in [0.2, 0.25) is 0 Å². The molecule has 0 heterocycles. The van der Waals surface area contributed by atoms with Crippen LogP contribution >= 0.6 is 0 Å². The van der Waals surface area contributed by atoms with E-state index in [9.17, 15) is 28.5 Å². The van der Waals surface area contributed by atoms with Crippen LogP contribution in [-0.4, -0.2) is 50.3 Å². The highest BCUT2D eigenvalue weighted by Crippen LogP contribution is 2.35. The number of nitro groups is 1. The second kappa shape index (κ2) is 12.2. The van der Waals surface area contributed by atoms with Gasteiger partial charge in [0, 0.05) is 12.6 Å². The van der Waals surface area contributed by atoms with Crippen molar-refractivity contribution >= 4 is 17.6 Å². The lowest BCUT2D eigenvalue weighted by Gasteiger charge is -2.12. The highest BCUT2D eigenvalue weighted by Gasteiger charge is 2.26. The first-order chi connectivity index (χ1) is 15.7. The molecule has 0 aromatic heterocycles. The molecule has 0 aliphatic rings. The molecule has 0 aliphatic carbocycles. The molecule has 0 fully saturated rings. The minimum Gasteiger partial charge on any atom is -0.493 e. The third kappa shape index (κ3) is 7.59. The number of nitrogens with zero attached hydrogens (tertiary/aromatic N) is 1. The molecule has 0 saturated carbocycles. The number of alkyl halides is 2. The predicted octanol–water partition coefficient (Wildman–Crippen LogP) is 3.12. The average Bonchev–Trinajstić information content (AvgIpc) is 2.78. The van der Waals surface area contributed by atoms with E-state index in [-0.39, 0.29) is 36.0 Å². The van der Waals surface area contributed by atoms with Crippen LogP contribution in [0.4, 0.5) is 14.5 Å². The summed E-state index contributed by atoms with van der Waals surface area (Å²) < 4.78 is 43.8. The van der Waals surface area contributed by atoms with Crippen LogP contribution in [0, 0.1) is 10.1 Å². The number of hydrogen-bond acceptors (Lipinski definition) is 8. The van der Waals surface area contributed by atoms with Crippen LogP contribution in [0.1, 0.15) is 22.8 Å². The van der Waals surface area contributed by atoms with E-state index in [1.165, 1.54) is 19.2 Å². The summed E-state index contributed by atoms with van der Waals surface area (Å²) in [5.74, 6) is -1.49. The molecule has 0 unspecified atom stereocenters. The molecule has 0 aliphatic heterocycles. The molecule has 33 heavy (non-hydrogen) atoms. The lowest BCUT2D eigenvalue weighted by molar-refractivity contribution is -0.385. The number of ether oxygens (including phenoxy) is 4. The van der Waals surface area contributed by atoms with E-state index < -0.39 is 35.7 Å². The number of carbonyl (C=O) groups excluding carboxylic acids is 2. The Bertz CT molecular complexity index is 983. The van der Waals surface area contributed by atoms with E-state index in [2.05, 4.69) is 10.1 Å². The van der Waals surface area contributed by atoms with Crippen molar-refractivity contribution in [2.75, 3.05) is 26.9 Å². The quantitative estimate of drug-likeness (QED) is 0.286. The second-order valence-electron chi connectivity index (χ2n) is 6.41. The zero-order valence-electron chi connectivity index (χ0n) is 17.8. The number of hydrogen-bond donors (Lipinski definition) is 1. The van der Waals surface area contributed by atoms with Gasteiger partial charge < -0.3 is 24.3 Å². The van der Waals surface area contributed by atoms with Gasteiger partial charge in [-0.3, -0.25) is 14.9 Å². The maximum atomic E-state index is 12.4. The van der Waals surface area contributed by atoms with E-state index in [1.807, 2.05) is 0 Å². The molecular weight excluding hydrogens is 446 g/mol. The molecule has 1 amide bonds. The van der Waals surface area contributed by atoms with Crippen molar-refractivity contribution in [3.63, 3.8) is 0 Å². The van der Waals surface area contributed by atoms with E-state index in [0.29, 0.717) is 6.42 Å². The first-order valence-corrected chi connectivity index (χ1v) is 9.72. The number of nitro benzene ring substituents is 1. The Labute approximate surface area is 187 Å². The van der Waals surface area contributed by atoms with Gasteiger partial charge in [0.15, 0.2) is 18.1 Å². The predicted molar refractivity (Wildman–Crippen MR) is 111 cm³/mol. The Balaban J connectivity index is 1.91. The summed E-state index contributed by atoms with van der Waals surface area (Å²) >= 11 is 0. The van der Waals surface area contributed by atoms with Gasteiger partial charge in [0.2, 0.25) is 0 Å². The number of amides is 1. The van der Waals surface area contributed by atoms with Gasteiger partial charge in [-0.25, -0.2) is 4.79 Å². The molecule has 0 radical (unpaired) electrons. The largest absolute Gasteiger partial charge is 0.493 e. The van der Waals surface area contributed by atoms with Crippen molar-refractivity contribution in [2.45, 2.75) is 20.0 Å². The van der Waals surface area contributed by atoms with Crippen molar-refractivity contribution in [1.82, 2.24) is 5.32 Å². The van der Waals surface area contributed by atoms with Gasteiger partial charge in [-0.05, 0) is 31.0 Å². The topological polar surface area (TPSA) is 126 Å². The number of esters is 1. The minimum absolute atomic E-state index is 0.0183. The lowest BCUT2D eigenvalue weighted by Crippen LogP contribution is -2.30. The van der Waals surface area contributed by atoms with E-state index in [0.717, 1.165) is 17.7 Å². The van der Waals surface area contributed by atoms with Crippen LogP contribution in [0.25, 0.3) is 0 Å². The monoisotopic (exact) mass is 468 g/mol. The van der Waals surface area contributed by atoms with Crippen molar-refractivity contribution in [3.8, 4) is 17.2 Å². The summed E-state index contributed by atoms with van der Waals surface area (Å²) in [7, 11) is 1.30. The Kier molecular flexibility index (Phi) is 9.33. The number of benzene rings is 2. The van der Waals surface area contributed by atoms with E-state index >= 15 is 0 Å². The normalized spacial score (nSPS) is 10.5. The van der Waals surface area contributed by atoms with Crippen LogP contribution < -0.4 is 19.5 Å². The van der Waals surface area contributed by atoms with Gasteiger partial charge in [-0.2, -0.15) is 8.78 Å². The highest BCUT2D eigenvalue weighted by atomic mass is 19.3. The van der Waals surface area contributed by atoms with E-state index in [1.54, 1.807) is 19.1 Å². The molecule has 0 saturated heterocycles. The minimum atomic E-state index is -2.91. The van der Waals surface area contributed by atoms with Crippen molar-refractivity contribution in [2.24, 2.45) is 0 Å². The van der Waals surface area contributed by atoms with E-state index in [4.69, 9.17) is 14.2 Å². The van der Waals surface area contributed by atoms with Gasteiger partial charge in [0.05, 0.1) is 24.7 Å². The standard InChI is InChI=1S/C21H22F2N2O8/c1-3-31-18-10-15(16(25(28)29)11-17(18)30-2)20(27)32-12-19(26)24-9-8-13-4-6-14(7-5-13)33-21(22)23/h4-7,10-11,21H,3,8-9,12H2,1-2H3,(H,24,26).